The Morgan fingerprint density at radius 1 is 1.50 bits per heavy atom. The highest BCUT2D eigenvalue weighted by atomic mass is 79.9. The molecule has 1 aliphatic carbocycles. The minimum Gasteiger partial charge on any atom is -0.480 e. The highest BCUT2D eigenvalue weighted by molar-refractivity contribution is 9.10. The highest BCUT2D eigenvalue weighted by Gasteiger charge is 2.61. The molecule has 0 radical (unpaired) electrons. The molecule has 1 aromatic carbocycles. The molecule has 0 unspecified atom stereocenters. The van der Waals surface area contributed by atoms with Gasteiger partial charge in [0.15, 0.2) is 6.10 Å². The minimum absolute atomic E-state index is 0.0538. The van der Waals surface area contributed by atoms with Gasteiger partial charge in [0.25, 0.3) is 5.91 Å². The van der Waals surface area contributed by atoms with Crippen LogP contribution < -0.4 is 4.74 Å². The Kier molecular flexibility index (Phi) is 4.64. The number of rotatable bonds is 4. The first-order valence-electron chi connectivity index (χ1n) is 8.23. The number of carbonyl (C=O) groups is 1. The monoisotopic (exact) mass is 399 g/mol. The molecule has 1 aromatic rings. The van der Waals surface area contributed by atoms with Gasteiger partial charge in [-0.05, 0) is 47.5 Å². The summed E-state index contributed by atoms with van der Waals surface area (Å²) in [4.78, 5) is 14.6. The van der Waals surface area contributed by atoms with Crippen molar-refractivity contribution < 1.29 is 18.7 Å². The fraction of sp³-hybridized carbons (Fsp3) is 0.611. The van der Waals surface area contributed by atoms with Crippen LogP contribution in [0.15, 0.2) is 22.7 Å². The van der Waals surface area contributed by atoms with E-state index in [9.17, 15) is 9.18 Å². The van der Waals surface area contributed by atoms with Crippen LogP contribution >= 0.6 is 15.9 Å². The molecule has 4 nitrogen and oxygen atoms in total. The van der Waals surface area contributed by atoms with Crippen molar-refractivity contribution in [1.82, 2.24) is 4.90 Å². The molecule has 0 aromatic heterocycles. The van der Waals surface area contributed by atoms with Crippen molar-refractivity contribution in [3.05, 3.63) is 28.5 Å². The predicted octanol–water partition coefficient (Wildman–Crippen LogP) is 3.63. The first-order valence-corrected chi connectivity index (χ1v) is 9.02. The third kappa shape index (κ3) is 2.84. The molecular weight excluding hydrogens is 377 g/mol. The van der Waals surface area contributed by atoms with E-state index in [0.717, 1.165) is 13.0 Å². The summed E-state index contributed by atoms with van der Waals surface area (Å²) >= 11 is 3.26. The van der Waals surface area contributed by atoms with Crippen molar-refractivity contribution in [3.8, 4) is 5.75 Å². The Labute approximate surface area is 150 Å². The number of benzene rings is 1. The van der Waals surface area contributed by atoms with Crippen LogP contribution in [0.3, 0.4) is 0 Å². The van der Waals surface area contributed by atoms with Crippen LogP contribution in [0.5, 0.6) is 5.75 Å². The first-order chi connectivity index (χ1) is 11.2. The molecule has 0 bridgehead atoms. The standard InChI is InChI=1S/C18H23BrFNO3/c1-10(24-14-6-5-11(20)9-13(14)19)17(22)21(4)15-12-7-8-23-16(12)18(15,2)3/h5-6,9-10,12,15-16H,7-8H2,1-4H3/t10-,12-,15+,16+/m0/s1. The van der Waals surface area contributed by atoms with Gasteiger partial charge in [0.1, 0.15) is 11.6 Å². The summed E-state index contributed by atoms with van der Waals surface area (Å²) in [6, 6.07) is 4.32. The van der Waals surface area contributed by atoms with Crippen molar-refractivity contribution >= 4 is 21.8 Å². The van der Waals surface area contributed by atoms with Gasteiger partial charge in [-0.3, -0.25) is 4.79 Å². The van der Waals surface area contributed by atoms with Crippen LogP contribution in [0, 0.1) is 17.2 Å². The van der Waals surface area contributed by atoms with E-state index in [2.05, 4.69) is 29.8 Å². The Hall–Kier alpha value is -1.14. The number of amides is 1. The van der Waals surface area contributed by atoms with Gasteiger partial charge in [-0.25, -0.2) is 4.39 Å². The zero-order valence-corrected chi connectivity index (χ0v) is 16.0. The number of likely N-dealkylation sites (N-methyl/N-ethyl adjacent to an activating group) is 1. The van der Waals surface area contributed by atoms with Crippen molar-refractivity contribution in [3.63, 3.8) is 0 Å². The van der Waals surface area contributed by atoms with Crippen LogP contribution in [0.4, 0.5) is 4.39 Å². The summed E-state index contributed by atoms with van der Waals surface area (Å²) in [6.45, 7) is 6.79. The summed E-state index contributed by atoms with van der Waals surface area (Å²) in [6.07, 6.45) is 0.587. The molecule has 2 aliphatic rings. The van der Waals surface area contributed by atoms with Crippen molar-refractivity contribution in [2.45, 2.75) is 45.4 Å². The van der Waals surface area contributed by atoms with Crippen molar-refractivity contribution in [2.75, 3.05) is 13.7 Å². The molecule has 1 saturated carbocycles. The Morgan fingerprint density at radius 2 is 2.21 bits per heavy atom. The lowest BCUT2D eigenvalue weighted by molar-refractivity contribution is -0.171. The average molecular weight is 400 g/mol. The number of fused-ring (bicyclic) bond motifs is 1. The van der Waals surface area contributed by atoms with Crippen LogP contribution in [0.25, 0.3) is 0 Å². The second-order valence-corrected chi connectivity index (χ2v) is 8.15. The second-order valence-electron chi connectivity index (χ2n) is 7.29. The van der Waals surface area contributed by atoms with Gasteiger partial charge in [0.2, 0.25) is 0 Å². The molecule has 1 heterocycles. The highest BCUT2D eigenvalue weighted by Crippen LogP contribution is 2.54. The van der Waals surface area contributed by atoms with E-state index < -0.39 is 6.10 Å². The molecule has 0 spiro atoms. The molecule has 132 valence electrons. The summed E-state index contributed by atoms with van der Waals surface area (Å²) < 4.78 is 25.2. The Bertz CT molecular complexity index is 651. The summed E-state index contributed by atoms with van der Waals surface area (Å²) in [5.41, 5.74) is -0.0538. The number of hydrogen-bond donors (Lipinski definition) is 0. The first kappa shape index (κ1) is 17.7. The lowest BCUT2D eigenvalue weighted by Crippen LogP contribution is -2.67. The van der Waals surface area contributed by atoms with E-state index in [1.807, 2.05) is 7.05 Å². The zero-order valence-electron chi connectivity index (χ0n) is 14.4. The fourth-order valence-electron chi connectivity index (χ4n) is 4.32. The van der Waals surface area contributed by atoms with Crippen molar-refractivity contribution in [1.29, 1.82) is 0 Å². The maximum Gasteiger partial charge on any atom is 0.263 e. The summed E-state index contributed by atoms with van der Waals surface area (Å²) in [5, 5.41) is 0. The third-order valence-corrected chi connectivity index (χ3v) is 5.97. The molecule has 3 rings (SSSR count). The van der Waals surface area contributed by atoms with Crippen LogP contribution in [0.1, 0.15) is 27.2 Å². The number of ether oxygens (including phenoxy) is 2. The number of halogens is 2. The van der Waals surface area contributed by atoms with Crippen LogP contribution in [-0.4, -0.2) is 42.7 Å². The molecular formula is C18H23BrFNO3. The van der Waals surface area contributed by atoms with E-state index >= 15 is 0 Å². The van der Waals surface area contributed by atoms with E-state index in [4.69, 9.17) is 9.47 Å². The van der Waals surface area contributed by atoms with Gasteiger partial charge in [0.05, 0.1) is 10.6 Å². The fourth-order valence-corrected chi connectivity index (χ4v) is 4.76. The average Bonchev–Trinajstić information content (AvgIpc) is 2.95. The van der Waals surface area contributed by atoms with Gasteiger partial charge >= 0.3 is 0 Å². The third-order valence-electron chi connectivity index (χ3n) is 5.35. The van der Waals surface area contributed by atoms with E-state index in [0.29, 0.717) is 16.1 Å². The number of nitrogens with zero attached hydrogens (tertiary/aromatic N) is 1. The summed E-state index contributed by atoms with van der Waals surface area (Å²) in [7, 11) is 1.84. The lowest BCUT2D eigenvalue weighted by atomic mass is 9.56. The van der Waals surface area contributed by atoms with E-state index in [1.165, 1.54) is 18.2 Å². The smallest absolute Gasteiger partial charge is 0.263 e. The topological polar surface area (TPSA) is 38.8 Å². The number of carbonyl (C=O) groups excluding carboxylic acids is 1. The second kappa shape index (κ2) is 6.30. The Morgan fingerprint density at radius 3 is 2.88 bits per heavy atom. The molecule has 4 atom stereocenters. The van der Waals surface area contributed by atoms with Crippen LogP contribution in [-0.2, 0) is 9.53 Å². The molecule has 1 aliphatic heterocycles. The maximum atomic E-state index is 13.2. The van der Waals surface area contributed by atoms with Gasteiger partial charge in [0, 0.05) is 31.0 Å². The zero-order chi connectivity index (χ0) is 17.6. The van der Waals surface area contributed by atoms with Gasteiger partial charge in [-0.2, -0.15) is 0 Å². The molecule has 0 N–H and O–H groups in total. The quantitative estimate of drug-likeness (QED) is 0.775. The van der Waals surface area contributed by atoms with Gasteiger partial charge in [-0.1, -0.05) is 13.8 Å². The molecule has 24 heavy (non-hydrogen) atoms. The number of hydrogen-bond acceptors (Lipinski definition) is 3. The molecule has 1 amide bonds. The van der Waals surface area contributed by atoms with Crippen molar-refractivity contribution in [2.24, 2.45) is 11.3 Å². The van der Waals surface area contributed by atoms with Gasteiger partial charge in [-0.15, -0.1) is 0 Å². The minimum atomic E-state index is -0.645. The maximum absolute atomic E-state index is 13.2. The van der Waals surface area contributed by atoms with Gasteiger partial charge < -0.3 is 14.4 Å². The Balaban J connectivity index is 1.69. The molecule has 1 saturated heterocycles. The largest absolute Gasteiger partial charge is 0.480 e. The lowest BCUT2D eigenvalue weighted by Gasteiger charge is -2.57. The molecule has 2 fully saturated rings. The SMILES string of the molecule is C[C@H](Oc1ccc(F)cc1Br)C(=O)N(C)[C@@H]1[C@@H]2CCO[C@H]2C1(C)C. The van der Waals surface area contributed by atoms with E-state index in [-0.39, 0.29) is 29.3 Å². The normalized spacial score (nSPS) is 28.7. The molecule has 6 heteroatoms. The summed E-state index contributed by atoms with van der Waals surface area (Å²) in [5.74, 6) is 0.433. The van der Waals surface area contributed by atoms with E-state index in [1.54, 1.807) is 11.8 Å². The van der Waals surface area contributed by atoms with Crippen LogP contribution in [0.2, 0.25) is 0 Å². The predicted molar refractivity (Wildman–Crippen MR) is 92.4 cm³/mol.